The number of nitrogens with zero attached hydrogens (tertiary/aromatic N) is 2. The molecular weight excluding hydrogens is 316 g/mol. The summed E-state index contributed by atoms with van der Waals surface area (Å²) in [6.07, 6.45) is 1.69. The Morgan fingerprint density at radius 3 is 2.70 bits per heavy atom. The molecule has 1 aliphatic rings. The molecule has 23 heavy (non-hydrogen) atoms. The van der Waals surface area contributed by atoms with Crippen LogP contribution in [0.15, 0.2) is 36.8 Å². The van der Waals surface area contributed by atoms with Gasteiger partial charge in [0.15, 0.2) is 5.44 Å². The average molecular weight is 334 g/mol. The van der Waals surface area contributed by atoms with Gasteiger partial charge in [-0.3, -0.25) is 9.97 Å². The van der Waals surface area contributed by atoms with Crippen LogP contribution in [-0.4, -0.2) is 54.8 Å². The monoisotopic (exact) mass is 334 g/mol. The summed E-state index contributed by atoms with van der Waals surface area (Å²) in [7, 11) is 0. The van der Waals surface area contributed by atoms with Crippen LogP contribution >= 0.6 is 11.8 Å². The Morgan fingerprint density at radius 1 is 1.13 bits per heavy atom. The van der Waals surface area contributed by atoms with E-state index in [0.29, 0.717) is 11.5 Å². The first kappa shape index (κ1) is 16.2. The van der Waals surface area contributed by atoms with Crippen LogP contribution < -0.4 is 4.74 Å². The molecule has 2 aromatic heterocycles. The van der Waals surface area contributed by atoms with Gasteiger partial charge in [0.1, 0.15) is 18.0 Å². The maximum absolute atomic E-state index is 10.00. The van der Waals surface area contributed by atoms with Crippen molar-refractivity contribution in [3.63, 3.8) is 0 Å². The molecule has 1 saturated heterocycles. The number of aromatic nitrogens is 2. The van der Waals surface area contributed by atoms with Crippen LogP contribution in [0.5, 0.6) is 5.75 Å². The lowest BCUT2D eigenvalue weighted by molar-refractivity contribution is -0.0786. The summed E-state index contributed by atoms with van der Waals surface area (Å²) in [5.74, 6) is 0.778. The number of hydrogen-bond donors (Lipinski definition) is 3. The van der Waals surface area contributed by atoms with Crippen LogP contribution in [0.25, 0.3) is 11.3 Å². The third-order valence-electron chi connectivity index (χ3n) is 3.63. The number of rotatable bonds is 3. The molecular formula is C16H18N2O4S. The van der Waals surface area contributed by atoms with E-state index in [9.17, 15) is 15.3 Å². The molecule has 0 saturated carbocycles. The smallest absolute Gasteiger partial charge is 0.173 e. The third kappa shape index (κ3) is 3.64. The molecule has 3 rings (SSSR count). The topological polar surface area (TPSA) is 95.7 Å². The summed E-state index contributed by atoms with van der Waals surface area (Å²) in [6.45, 7) is 1.97. The predicted octanol–water partition coefficient (Wildman–Crippen LogP) is 0.986. The number of aryl methyl sites for hydroxylation is 1. The summed E-state index contributed by atoms with van der Waals surface area (Å²) >= 11 is 1.26. The molecule has 0 radical (unpaired) electrons. The van der Waals surface area contributed by atoms with E-state index >= 15 is 0 Å². The number of aliphatic hydroxyl groups excluding tert-OH is 3. The van der Waals surface area contributed by atoms with Crippen LogP contribution in [0.2, 0.25) is 0 Å². The third-order valence-corrected chi connectivity index (χ3v) is 4.86. The van der Waals surface area contributed by atoms with Crippen molar-refractivity contribution in [2.24, 2.45) is 0 Å². The summed E-state index contributed by atoms with van der Waals surface area (Å²) in [5.41, 5.74) is 2.00. The number of hydrogen-bond acceptors (Lipinski definition) is 7. The normalized spacial score (nSPS) is 27.7. The maximum atomic E-state index is 10.00. The largest absolute Gasteiger partial charge is 0.475 e. The van der Waals surface area contributed by atoms with Crippen molar-refractivity contribution < 1.29 is 20.1 Å². The highest BCUT2D eigenvalue weighted by Crippen LogP contribution is 2.30. The zero-order valence-electron chi connectivity index (χ0n) is 12.5. The molecule has 4 atom stereocenters. The standard InChI is InChI=1S/C16H18N2O4S/c1-9-2-3-12(18-5-9)10-4-11(7-17-6-10)22-16-15(21)14(20)13(19)8-23-16/h2-7,13-16,19-21H,8H2,1H3/t13-,14+,15-,16-/m1/s1. The molecule has 1 fully saturated rings. The number of pyridine rings is 2. The molecule has 2 aromatic rings. The fourth-order valence-corrected chi connectivity index (χ4v) is 3.40. The van der Waals surface area contributed by atoms with E-state index in [1.165, 1.54) is 11.8 Å². The first-order valence-electron chi connectivity index (χ1n) is 7.25. The zero-order chi connectivity index (χ0) is 16.4. The van der Waals surface area contributed by atoms with Crippen molar-refractivity contribution in [2.75, 3.05) is 5.75 Å². The Labute approximate surface area is 138 Å². The Balaban J connectivity index is 1.76. The van der Waals surface area contributed by atoms with Gasteiger partial charge in [-0.2, -0.15) is 0 Å². The second-order valence-corrected chi connectivity index (χ2v) is 6.63. The molecule has 0 bridgehead atoms. The van der Waals surface area contributed by atoms with Crippen molar-refractivity contribution in [2.45, 2.75) is 30.7 Å². The van der Waals surface area contributed by atoms with E-state index < -0.39 is 23.7 Å². The number of thioether (sulfide) groups is 1. The molecule has 3 heterocycles. The quantitative estimate of drug-likeness (QED) is 0.770. The minimum Gasteiger partial charge on any atom is -0.475 e. The van der Waals surface area contributed by atoms with Crippen LogP contribution in [-0.2, 0) is 0 Å². The molecule has 7 heteroatoms. The van der Waals surface area contributed by atoms with Crippen molar-refractivity contribution in [3.05, 3.63) is 42.4 Å². The highest BCUT2D eigenvalue weighted by atomic mass is 32.2. The highest BCUT2D eigenvalue weighted by molar-refractivity contribution is 7.99. The lowest BCUT2D eigenvalue weighted by atomic mass is 10.1. The van der Waals surface area contributed by atoms with E-state index in [1.807, 2.05) is 19.1 Å². The van der Waals surface area contributed by atoms with Crippen LogP contribution in [0.3, 0.4) is 0 Å². The van der Waals surface area contributed by atoms with Crippen molar-refractivity contribution >= 4 is 11.8 Å². The fourth-order valence-electron chi connectivity index (χ4n) is 2.28. The lowest BCUT2D eigenvalue weighted by Crippen LogP contribution is -2.50. The molecule has 0 aliphatic carbocycles. The molecule has 0 aromatic carbocycles. The lowest BCUT2D eigenvalue weighted by Gasteiger charge is -2.34. The van der Waals surface area contributed by atoms with Crippen molar-refractivity contribution in [1.82, 2.24) is 9.97 Å². The summed E-state index contributed by atoms with van der Waals surface area (Å²) < 4.78 is 5.72. The SMILES string of the molecule is Cc1ccc(-c2cncc(O[C@@H]3SC[C@@H](O)[C@H](O)[C@H]3O)c2)nc1. The minimum absolute atomic E-state index is 0.301. The van der Waals surface area contributed by atoms with Gasteiger partial charge < -0.3 is 20.1 Å². The van der Waals surface area contributed by atoms with Gasteiger partial charge >= 0.3 is 0 Å². The zero-order valence-corrected chi connectivity index (χ0v) is 13.3. The van der Waals surface area contributed by atoms with Crippen molar-refractivity contribution in [1.29, 1.82) is 0 Å². The Kier molecular flexibility index (Phi) is 4.82. The Hall–Kier alpha value is -1.67. The van der Waals surface area contributed by atoms with E-state index in [1.54, 1.807) is 24.7 Å². The molecule has 1 aliphatic heterocycles. The minimum atomic E-state index is -1.21. The summed E-state index contributed by atoms with van der Waals surface area (Å²) in [6, 6.07) is 5.66. The van der Waals surface area contributed by atoms with E-state index in [4.69, 9.17) is 4.74 Å². The summed E-state index contributed by atoms with van der Waals surface area (Å²) in [4.78, 5) is 8.49. The van der Waals surface area contributed by atoms with Gasteiger partial charge in [0.25, 0.3) is 0 Å². The van der Waals surface area contributed by atoms with Gasteiger partial charge in [-0.05, 0) is 24.6 Å². The molecule has 6 nitrogen and oxygen atoms in total. The van der Waals surface area contributed by atoms with E-state index in [-0.39, 0.29) is 0 Å². The average Bonchev–Trinajstić information content (AvgIpc) is 2.56. The Bertz CT molecular complexity index is 667. The van der Waals surface area contributed by atoms with Gasteiger partial charge in [0.2, 0.25) is 0 Å². The van der Waals surface area contributed by atoms with Gasteiger partial charge in [-0.25, -0.2) is 0 Å². The molecule has 0 unspecified atom stereocenters. The second kappa shape index (κ2) is 6.84. The van der Waals surface area contributed by atoms with Gasteiger partial charge in [0, 0.05) is 23.7 Å². The first-order chi connectivity index (χ1) is 11.0. The van der Waals surface area contributed by atoms with Gasteiger partial charge in [-0.15, -0.1) is 11.8 Å². The Morgan fingerprint density at radius 2 is 1.96 bits per heavy atom. The predicted molar refractivity (Wildman–Crippen MR) is 87.1 cm³/mol. The number of aliphatic hydroxyl groups is 3. The van der Waals surface area contributed by atoms with Crippen molar-refractivity contribution in [3.8, 4) is 17.0 Å². The highest BCUT2D eigenvalue weighted by Gasteiger charge is 2.38. The van der Waals surface area contributed by atoms with E-state index in [2.05, 4.69) is 9.97 Å². The molecule has 122 valence electrons. The van der Waals surface area contributed by atoms with Gasteiger partial charge in [-0.1, -0.05) is 6.07 Å². The van der Waals surface area contributed by atoms with E-state index in [0.717, 1.165) is 16.8 Å². The van der Waals surface area contributed by atoms with Gasteiger partial charge in [0.05, 0.1) is 18.0 Å². The molecule has 3 N–H and O–H groups in total. The fraction of sp³-hybridized carbons (Fsp3) is 0.375. The maximum Gasteiger partial charge on any atom is 0.173 e. The second-order valence-electron chi connectivity index (χ2n) is 5.50. The van der Waals surface area contributed by atoms with Crippen LogP contribution in [0.1, 0.15) is 5.56 Å². The molecule has 0 spiro atoms. The first-order valence-corrected chi connectivity index (χ1v) is 8.30. The summed E-state index contributed by atoms with van der Waals surface area (Å²) in [5, 5.41) is 29.3. The van der Waals surface area contributed by atoms with Crippen LogP contribution in [0.4, 0.5) is 0 Å². The van der Waals surface area contributed by atoms with Crippen LogP contribution in [0, 0.1) is 6.92 Å². The number of ether oxygens (including phenoxy) is 1. The molecule has 0 amide bonds.